The SMILES string of the molecule is COc1ccc(CC(OCC(CC(F)n2cnc3c(N)nc(Cl)nc32)OC)(C(=O)O)C(=O)O)cc1Cl. The van der Waals surface area contributed by atoms with Crippen LogP contribution < -0.4 is 10.5 Å². The maximum absolute atomic E-state index is 15.2. The highest BCUT2D eigenvalue weighted by atomic mass is 35.5. The van der Waals surface area contributed by atoms with Crippen LogP contribution in [-0.2, 0) is 25.5 Å². The number of carbonyl (C=O) groups is 2. The molecular weight excluding hydrogens is 524 g/mol. The lowest BCUT2D eigenvalue weighted by Gasteiger charge is -2.28. The lowest BCUT2D eigenvalue weighted by Crippen LogP contribution is -2.52. The second kappa shape index (κ2) is 11.2. The van der Waals surface area contributed by atoms with Gasteiger partial charge in [0.1, 0.15) is 11.3 Å². The number of methoxy groups -OCH3 is 2. The molecule has 2 atom stereocenters. The van der Waals surface area contributed by atoms with Gasteiger partial charge >= 0.3 is 11.9 Å². The molecule has 36 heavy (non-hydrogen) atoms. The zero-order chi connectivity index (χ0) is 26.6. The molecule has 3 rings (SSSR count). The van der Waals surface area contributed by atoms with Gasteiger partial charge in [0.2, 0.25) is 5.28 Å². The van der Waals surface area contributed by atoms with Crippen molar-refractivity contribution in [1.82, 2.24) is 19.5 Å². The Bertz CT molecular complexity index is 1260. The van der Waals surface area contributed by atoms with Gasteiger partial charge in [0, 0.05) is 20.0 Å². The zero-order valence-corrected chi connectivity index (χ0v) is 20.5. The summed E-state index contributed by atoms with van der Waals surface area (Å²) in [5, 5.41) is 19.5. The summed E-state index contributed by atoms with van der Waals surface area (Å²) < 4.78 is 31.9. The van der Waals surface area contributed by atoms with Crippen LogP contribution in [0, 0.1) is 0 Å². The quantitative estimate of drug-likeness (QED) is 0.225. The lowest BCUT2D eigenvalue weighted by molar-refractivity contribution is -0.188. The second-order valence-corrected chi connectivity index (χ2v) is 8.37. The zero-order valence-electron chi connectivity index (χ0n) is 19.0. The number of imidazole rings is 1. The number of halogens is 3. The number of aromatic nitrogens is 4. The molecule has 3 aromatic rings. The minimum atomic E-state index is -2.70. The van der Waals surface area contributed by atoms with Gasteiger partial charge in [-0.15, -0.1) is 0 Å². The molecule has 0 aliphatic heterocycles. The number of nitrogens with two attached hydrogens (primary N) is 1. The number of carboxylic acid groups (broad SMARTS) is 2. The molecule has 2 unspecified atom stereocenters. The Kier molecular flexibility index (Phi) is 8.51. The Labute approximate surface area is 213 Å². The normalized spacial score (nSPS) is 13.5. The average molecular weight is 546 g/mol. The fourth-order valence-electron chi connectivity index (χ4n) is 3.44. The van der Waals surface area contributed by atoms with Crippen molar-refractivity contribution in [3.8, 4) is 5.75 Å². The second-order valence-electron chi connectivity index (χ2n) is 7.62. The van der Waals surface area contributed by atoms with Crippen LogP contribution in [0.4, 0.5) is 10.2 Å². The maximum atomic E-state index is 15.2. The van der Waals surface area contributed by atoms with Gasteiger partial charge in [-0.3, -0.25) is 4.57 Å². The van der Waals surface area contributed by atoms with E-state index >= 15 is 4.39 Å². The Morgan fingerprint density at radius 1 is 1.22 bits per heavy atom. The van der Waals surface area contributed by atoms with Crippen molar-refractivity contribution in [3.05, 3.63) is 40.4 Å². The summed E-state index contributed by atoms with van der Waals surface area (Å²) in [4.78, 5) is 35.8. The van der Waals surface area contributed by atoms with Gasteiger partial charge in [0.05, 0.1) is 31.2 Å². The van der Waals surface area contributed by atoms with Gasteiger partial charge in [-0.05, 0) is 29.3 Å². The number of aliphatic carboxylic acids is 2. The molecule has 12 nitrogen and oxygen atoms in total. The van der Waals surface area contributed by atoms with Crippen molar-refractivity contribution < 1.29 is 38.4 Å². The van der Waals surface area contributed by atoms with Crippen LogP contribution in [0.2, 0.25) is 10.3 Å². The fraction of sp³-hybridized carbons (Fsp3) is 0.381. The number of fused-ring (bicyclic) bond motifs is 1. The third kappa shape index (κ3) is 5.59. The third-order valence-corrected chi connectivity index (χ3v) is 5.85. The van der Waals surface area contributed by atoms with Gasteiger partial charge in [0.15, 0.2) is 17.8 Å². The molecule has 0 radical (unpaired) electrons. The van der Waals surface area contributed by atoms with Crippen LogP contribution in [0.15, 0.2) is 24.5 Å². The molecule has 0 bridgehead atoms. The summed E-state index contributed by atoms with van der Waals surface area (Å²) in [6.07, 6.45) is -2.62. The third-order valence-electron chi connectivity index (χ3n) is 5.39. The molecule has 0 fully saturated rings. The topological polar surface area (TPSA) is 172 Å². The first-order chi connectivity index (χ1) is 17.0. The minimum Gasteiger partial charge on any atom is -0.495 e. The van der Waals surface area contributed by atoms with Gasteiger partial charge in [-0.25, -0.2) is 19.0 Å². The van der Waals surface area contributed by atoms with Crippen LogP contribution in [0.25, 0.3) is 11.2 Å². The summed E-state index contributed by atoms with van der Waals surface area (Å²) in [7, 11) is 2.64. The molecule has 2 heterocycles. The number of alkyl halides is 1. The summed E-state index contributed by atoms with van der Waals surface area (Å²) in [5.74, 6) is -3.22. The highest BCUT2D eigenvalue weighted by Gasteiger charge is 2.49. The molecule has 0 aliphatic carbocycles. The Morgan fingerprint density at radius 2 is 1.92 bits per heavy atom. The van der Waals surface area contributed by atoms with Crippen LogP contribution in [0.3, 0.4) is 0 Å². The molecule has 15 heteroatoms. The highest BCUT2D eigenvalue weighted by Crippen LogP contribution is 2.29. The number of carboxylic acids is 2. The first kappa shape index (κ1) is 27.3. The number of hydrogen-bond donors (Lipinski definition) is 3. The molecule has 0 spiro atoms. The standard InChI is InChI=1S/C21H22Cl2FN5O7/c1-34-11(6-14(24)29-9-26-15-16(25)27-20(23)28-17(15)29)8-36-21(18(30)31,19(32)33)7-10-3-4-13(35-2)12(22)5-10/h3-5,9,11,14H,6-8H2,1-2H3,(H,30,31)(H,32,33)(H2,25,27,28). The van der Waals surface area contributed by atoms with E-state index in [2.05, 4.69) is 15.0 Å². The average Bonchev–Trinajstić information content (AvgIpc) is 3.24. The smallest absolute Gasteiger partial charge is 0.348 e. The predicted octanol–water partition coefficient (Wildman–Crippen LogP) is 2.76. The van der Waals surface area contributed by atoms with E-state index in [4.69, 9.17) is 43.1 Å². The molecule has 0 aliphatic rings. The van der Waals surface area contributed by atoms with Gasteiger partial charge < -0.3 is 30.2 Å². The predicted molar refractivity (Wildman–Crippen MR) is 126 cm³/mol. The molecule has 0 saturated carbocycles. The highest BCUT2D eigenvalue weighted by molar-refractivity contribution is 6.32. The molecular formula is C21H22Cl2FN5O7. The molecule has 2 aromatic heterocycles. The van der Waals surface area contributed by atoms with E-state index in [1.165, 1.54) is 32.4 Å². The minimum absolute atomic E-state index is 0.0334. The van der Waals surface area contributed by atoms with Crippen molar-refractivity contribution in [2.75, 3.05) is 26.6 Å². The Hall–Kier alpha value is -3.26. The molecule has 194 valence electrons. The van der Waals surface area contributed by atoms with Crippen molar-refractivity contribution in [2.45, 2.75) is 30.8 Å². The monoisotopic (exact) mass is 545 g/mol. The molecule has 4 N–H and O–H groups in total. The number of rotatable bonds is 12. The van der Waals surface area contributed by atoms with Crippen LogP contribution in [-0.4, -0.2) is 74.2 Å². The van der Waals surface area contributed by atoms with Crippen molar-refractivity contribution in [3.63, 3.8) is 0 Å². The summed E-state index contributed by atoms with van der Waals surface area (Å²) in [5.41, 5.74) is 3.48. The Balaban J connectivity index is 1.80. The number of nitrogens with zero attached hydrogens (tertiary/aromatic N) is 4. The summed E-state index contributed by atoms with van der Waals surface area (Å²) in [6.45, 7) is -0.566. The molecule has 1 aromatic carbocycles. The first-order valence-electron chi connectivity index (χ1n) is 10.3. The van der Waals surface area contributed by atoms with Crippen LogP contribution >= 0.6 is 23.2 Å². The van der Waals surface area contributed by atoms with E-state index in [0.29, 0.717) is 5.75 Å². The van der Waals surface area contributed by atoms with E-state index in [0.717, 1.165) is 10.9 Å². The van der Waals surface area contributed by atoms with E-state index in [1.54, 1.807) is 0 Å². The Morgan fingerprint density at radius 3 is 2.50 bits per heavy atom. The van der Waals surface area contributed by atoms with Gasteiger partial charge in [-0.1, -0.05) is 17.7 Å². The van der Waals surface area contributed by atoms with Gasteiger partial charge in [-0.2, -0.15) is 9.97 Å². The number of anilines is 1. The lowest BCUT2D eigenvalue weighted by atomic mass is 9.94. The van der Waals surface area contributed by atoms with Crippen molar-refractivity contribution >= 4 is 52.1 Å². The maximum Gasteiger partial charge on any atom is 0.348 e. The largest absolute Gasteiger partial charge is 0.495 e. The number of hydrogen-bond acceptors (Lipinski definition) is 9. The fourth-order valence-corrected chi connectivity index (χ4v) is 3.89. The number of benzene rings is 1. The van der Waals surface area contributed by atoms with E-state index in [-0.39, 0.29) is 39.3 Å². The van der Waals surface area contributed by atoms with E-state index in [1.807, 2.05) is 0 Å². The summed E-state index contributed by atoms with van der Waals surface area (Å²) >= 11 is 11.9. The van der Waals surface area contributed by atoms with Crippen molar-refractivity contribution in [2.24, 2.45) is 0 Å². The molecule has 0 saturated heterocycles. The van der Waals surface area contributed by atoms with E-state index in [9.17, 15) is 19.8 Å². The van der Waals surface area contributed by atoms with Gasteiger partial charge in [0.25, 0.3) is 5.60 Å². The number of ether oxygens (including phenoxy) is 3. The van der Waals surface area contributed by atoms with Crippen LogP contribution in [0.1, 0.15) is 18.3 Å². The molecule has 0 amide bonds. The van der Waals surface area contributed by atoms with Crippen molar-refractivity contribution in [1.29, 1.82) is 0 Å². The number of nitrogen functional groups attached to an aromatic ring is 1. The van der Waals surface area contributed by atoms with Crippen LogP contribution in [0.5, 0.6) is 5.75 Å². The summed E-state index contributed by atoms with van der Waals surface area (Å²) in [6, 6.07) is 4.30. The first-order valence-corrected chi connectivity index (χ1v) is 11.0. The van der Waals surface area contributed by atoms with E-state index < -0.39 is 43.0 Å².